The van der Waals surface area contributed by atoms with Crippen LogP contribution in [0.2, 0.25) is 0 Å². The average Bonchev–Trinajstić information content (AvgIpc) is 3.01. The van der Waals surface area contributed by atoms with Crippen molar-refractivity contribution in [3.63, 3.8) is 0 Å². The molecule has 0 radical (unpaired) electrons. The Morgan fingerprint density at radius 2 is 2.17 bits per heavy atom. The molecule has 0 atom stereocenters. The number of imidazole rings is 1. The number of phenolic OH excluding ortho intramolecular Hbond substituents is 1. The van der Waals surface area contributed by atoms with Gasteiger partial charge in [-0.3, -0.25) is 0 Å². The third kappa shape index (κ3) is 3.51. The van der Waals surface area contributed by atoms with Crippen LogP contribution in [0.15, 0.2) is 42.7 Å². The van der Waals surface area contributed by atoms with Crippen LogP contribution in [0, 0.1) is 0 Å². The molecule has 0 fully saturated rings. The van der Waals surface area contributed by atoms with Crippen molar-refractivity contribution in [2.75, 3.05) is 12.4 Å². The van der Waals surface area contributed by atoms with Gasteiger partial charge in [-0.05, 0) is 48.1 Å². The first-order chi connectivity index (χ1) is 11.2. The zero-order chi connectivity index (χ0) is 16.2. The Morgan fingerprint density at radius 3 is 2.96 bits per heavy atom. The molecule has 3 aromatic rings. The highest BCUT2D eigenvalue weighted by molar-refractivity contribution is 7.80. The summed E-state index contributed by atoms with van der Waals surface area (Å²) < 4.78 is 5.02. The zero-order valence-electron chi connectivity index (χ0n) is 12.5. The lowest BCUT2D eigenvalue weighted by Crippen LogP contribution is -2.27. The number of hydrogen-bond acceptors (Lipinski definition) is 4. The number of rotatable bonds is 4. The quantitative estimate of drug-likeness (QED) is 0.551. The number of aromatic amines is 1. The standard InChI is InChI=1S/C16H16N4O2S/c1-22-15-5-2-10(6-14(15)21)8-17-16(23)20-11-3-4-12-13(7-11)19-9-18-12/h2-7,9,21H,8H2,1H3,(H,18,19)(H2,17,20,23). The molecular weight excluding hydrogens is 312 g/mol. The molecule has 0 amide bonds. The maximum Gasteiger partial charge on any atom is 0.171 e. The number of anilines is 1. The van der Waals surface area contributed by atoms with E-state index in [0.29, 0.717) is 17.4 Å². The van der Waals surface area contributed by atoms with Gasteiger partial charge in [0.15, 0.2) is 16.6 Å². The van der Waals surface area contributed by atoms with Gasteiger partial charge in [0.1, 0.15) is 0 Å². The highest BCUT2D eigenvalue weighted by Gasteiger charge is 2.04. The van der Waals surface area contributed by atoms with E-state index in [1.54, 1.807) is 18.5 Å². The molecule has 0 bridgehead atoms. The normalized spacial score (nSPS) is 10.5. The average molecular weight is 328 g/mol. The summed E-state index contributed by atoms with van der Waals surface area (Å²) in [6.07, 6.45) is 1.65. The number of benzene rings is 2. The van der Waals surface area contributed by atoms with Gasteiger partial charge < -0.3 is 25.5 Å². The number of hydrogen-bond donors (Lipinski definition) is 4. The second-order valence-electron chi connectivity index (χ2n) is 4.95. The summed E-state index contributed by atoms with van der Waals surface area (Å²) in [6, 6.07) is 11.0. The van der Waals surface area contributed by atoms with Crippen LogP contribution in [0.5, 0.6) is 11.5 Å². The Balaban J connectivity index is 1.59. The van der Waals surface area contributed by atoms with Crippen LogP contribution in [0.25, 0.3) is 11.0 Å². The summed E-state index contributed by atoms with van der Waals surface area (Å²) in [5.74, 6) is 0.553. The summed E-state index contributed by atoms with van der Waals surface area (Å²) in [5, 5.41) is 16.5. The summed E-state index contributed by atoms with van der Waals surface area (Å²) >= 11 is 5.28. The van der Waals surface area contributed by atoms with Crippen molar-refractivity contribution < 1.29 is 9.84 Å². The fourth-order valence-corrected chi connectivity index (χ4v) is 2.41. The van der Waals surface area contributed by atoms with Crippen molar-refractivity contribution in [3.8, 4) is 11.5 Å². The highest BCUT2D eigenvalue weighted by atomic mass is 32.1. The molecule has 0 aliphatic heterocycles. The van der Waals surface area contributed by atoms with Crippen molar-refractivity contribution in [2.24, 2.45) is 0 Å². The molecule has 2 aromatic carbocycles. The van der Waals surface area contributed by atoms with E-state index in [2.05, 4.69) is 20.6 Å². The molecule has 0 unspecified atom stereocenters. The van der Waals surface area contributed by atoms with Crippen molar-refractivity contribution in [3.05, 3.63) is 48.3 Å². The molecule has 0 aliphatic rings. The number of ether oxygens (including phenoxy) is 1. The number of phenols is 1. The lowest BCUT2D eigenvalue weighted by molar-refractivity contribution is 0.373. The van der Waals surface area contributed by atoms with Crippen LogP contribution in [-0.2, 0) is 6.54 Å². The van der Waals surface area contributed by atoms with Gasteiger partial charge in [-0.2, -0.15) is 0 Å². The van der Waals surface area contributed by atoms with E-state index in [0.717, 1.165) is 22.3 Å². The minimum atomic E-state index is 0.107. The SMILES string of the molecule is COc1ccc(CNC(=S)Nc2ccc3nc[nH]c3c2)cc1O. The lowest BCUT2D eigenvalue weighted by Gasteiger charge is -2.11. The Kier molecular flexibility index (Phi) is 4.29. The predicted molar refractivity (Wildman–Crippen MR) is 93.8 cm³/mol. The van der Waals surface area contributed by atoms with E-state index < -0.39 is 0 Å². The second-order valence-corrected chi connectivity index (χ2v) is 5.36. The van der Waals surface area contributed by atoms with E-state index in [4.69, 9.17) is 17.0 Å². The Morgan fingerprint density at radius 1 is 1.30 bits per heavy atom. The Hall–Kier alpha value is -2.80. The third-order valence-electron chi connectivity index (χ3n) is 3.37. The summed E-state index contributed by atoms with van der Waals surface area (Å²) in [4.78, 5) is 7.23. The van der Waals surface area contributed by atoms with Crippen LogP contribution >= 0.6 is 12.2 Å². The van der Waals surface area contributed by atoms with Gasteiger partial charge in [-0.1, -0.05) is 6.07 Å². The monoisotopic (exact) mass is 328 g/mol. The maximum atomic E-state index is 9.76. The van der Waals surface area contributed by atoms with Gasteiger partial charge in [0, 0.05) is 12.2 Å². The molecule has 4 N–H and O–H groups in total. The number of nitrogens with one attached hydrogen (secondary N) is 3. The van der Waals surface area contributed by atoms with Crippen LogP contribution in [0.1, 0.15) is 5.56 Å². The smallest absolute Gasteiger partial charge is 0.171 e. The molecule has 3 rings (SSSR count). The Bertz CT molecular complexity index is 847. The number of H-pyrrole nitrogens is 1. The fourth-order valence-electron chi connectivity index (χ4n) is 2.22. The predicted octanol–water partition coefficient (Wildman–Crippen LogP) is 2.76. The molecule has 1 heterocycles. The summed E-state index contributed by atoms with van der Waals surface area (Å²) in [5.41, 5.74) is 3.62. The van der Waals surface area contributed by atoms with E-state index in [9.17, 15) is 5.11 Å². The number of thiocarbonyl (C=S) groups is 1. The number of methoxy groups -OCH3 is 1. The van der Waals surface area contributed by atoms with E-state index in [-0.39, 0.29) is 5.75 Å². The van der Waals surface area contributed by atoms with Gasteiger partial charge in [0.05, 0.1) is 24.5 Å². The van der Waals surface area contributed by atoms with E-state index >= 15 is 0 Å². The summed E-state index contributed by atoms with van der Waals surface area (Å²) in [7, 11) is 1.52. The lowest BCUT2D eigenvalue weighted by atomic mass is 10.2. The highest BCUT2D eigenvalue weighted by Crippen LogP contribution is 2.26. The fraction of sp³-hybridized carbons (Fsp3) is 0.125. The first kappa shape index (κ1) is 15.1. The maximum absolute atomic E-state index is 9.76. The minimum absolute atomic E-state index is 0.107. The number of aromatic hydroxyl groups is 1. The number of aromatic nitrogens is 2. The molecule has 118 valence electrons. The van der Waals surface area contributed by atoms with Crippen LogP contribution in [0.4, 0.5) is 5.69 Å². The van der Waals surface area contributed by atoms with Crippen LogP contribution in [-0.4, -0.2) is 27.3 Å². The van der Waals surface area contributed by atoms with Crippen molar-refractivity contribution >= 4 is 34.1 Å². The molecule has 0 aliphatic carbocycles. The molecule has 0 spiro atoms. The van der Waals surface area contributed by atoms with Crippen LogP contribution < -0.4 is 15.4 Å². The van der Waals surface area contributed by atoms with Gasteiger partial charge in [-0.15, -0.1) is 0 Å². The molecule has 0 saturated heterocycles. The summed E-state index contributed by atoms with van der Waals surface area (Å²) in [6.45, 7) is 0.496. The number of nitrogens with zero attached hydrogens (tertiary/aromatic N) is 1. The van der Waals surface area contributed by atoms with Gasteiger partial charge >= 0.3 is 0 Å². The second kappa shape index (κ2) is 6.53. The van der Waals surface area contributed by atoms with Crippen molar-refractivity contribution in [1.29, 1.82) is 0 Å². The van der Waals surface area contributed by atoms with Gasteiger partial charge in [0.25, 0.3) is 0 Å². The molecule has 6 nitrogen and oxygen atoms in total. The molecule has 23 heavy (non-hydrogen) atoms. The molecule has 7 heteroatoms. The third-order valence-corrected chi connectivity index (χ3v) is 3.62. The molecule has 1 aromatic heterocycles. The molecular formula is C16H16N4O2S. The van der Waals surface area contributed by atoms with Crippen LogP contribution in [0.3, 0.4) is 0 Å². The Labute approximate surface area is 138 Å². The van der Waals surface area contributed by atoms with E-state index in [1.807, 2.05) is 24.3 Å². The number of fused-ring (bicyclic) bond motifs is 1. The first-order valence-electron chi connectivity index (χ1n) is 6.99. The van der Waals surface area contributed by atoms with E-state index in [1.165, 1.54) is 7.11 Å². The largest absolute Gasteiger partial charge is 0.504 e. The van der Waals surface area contributed by atoms with Gasteiger partial charge in [-0.25, -0.2) is 4.98 Å². The van der Waals surface area contributed by atoms with Crippen molar-refractivity contribution in [1.82, 2.24) is 15.3 Å². The minimum Gasteiger partial charge on any atom is -0.504 e. The molecule has 0 saturated carbocycles. The zero-order valence-corrected chi connectivity index (χ0v) is 13.3. The van der Waals surface area contributed by atoms with Gasteiger partial charge in [0.2, 0.25) is 0 Å². The van der Waals surface area contributed by atoms with Crippen molar-refractivity contribution in [2.45, 2.75) is 6.54 Å². The first-order valence-corrected chi connectivity index (χ1v) is 7.40. The topological polar surface area (TPSA) is 82.2 Å².